The zero-order chi connectivity index (χ0) is 10.6. The highest BCUT2D eigenvalue weighted by atomic mass is 16.4. The van der Waals surface area contributed by atoms with Gasteiger partial charge in [-0.1, -0.05) is 6.07 Å². The number of hydrogen-bond acceptors (Lipinski definition) is 3. The van der Waals surface area contributed by atoms with Crippen molar-refractivity contribution < 1.29 is 14.7 Å². The van der Waals surface area contributed by atoms with Crippen LogP contribution >= 0.6 is 0 Å². The predicted molar refractivity (Wildman–Crippen MR) is 48.5 cm³/mol. The first-order chi connectivity index (χ1) is 6.61. The molecule has 0 radical (unpaired) electrons. The van der Waals surface area contributed by atoms with Gasteiger partial charge in [0.1, 0.15) is 0 Å². The molecule has 2 amide bonds. The van der Waals surface area contributed by atoms with Crippen molar-refractivity contribution in [2.24, 2.45) is 0 Å². The van der Waals surface area contributed by atoms with E-state index in [1.165, 1.54) is 6.92 Å². The Morgan fingerprint density at radius 3 is 2.64 bits per heavy atom. The van der Waals surface area contributed by atoms with Gasteiger partial charge in [0.25, 0.3) is 0 Å². The third-order valence-corrected chi connectivity index (χ3v) is 1.66. The van der Waals surface area contributed by atoms with Gasteiger partial charge in [0.05, 0.1) is 12.2 Å². The molecule has 0 saturated carbocycles. The summed E-state index contributed by atoms with van der Waals surface area (Å²) >= 11 is 0. The fourth-order valence-electron chi connectivity index (χ4n) is 0.967. The third-order valence-electron chi connectivity index (χ3n) is 1.66. The molecule has 5 nitrogen and oxygen atoms in total. The van der Waals surface area contributed by atoms with Gasteiger partial charge in [0, 0.05) is 13.1 Å². The Hall–Kier alpha value is -1.91. The first kappa shape index (κ1) is 10.2. The molecule has 0 aliphatic carbocycles. The van der Waals surface area contributed by atoms with Gasteiger partial charge in [-0.25, -0.2) is 9.69 Å². The summed E-state index contributed by atoms with van der Waals surface area (Å²) in [6, 6.07) is 5.13. The summed E-state index contributed by atoms with van der Waals surface area (Å²) in [5, 5.41) is 8.68. The number of nitrogens with zero attached hydrogens (tertiary/aromatic N) is 2. The van der Waals surface area contributed by atoms with Gasteiger partial charge in [-0.15, -0.1) is 0 Å². The van der Waals surface area contributed by atoms with E-state index in [-0.39, 0.29) is 6.54 Å². The quantitative estimate of drug-likeness (QED) is 0.765. The van der Waals surface area contributed by atoms with Crippen molar-refractivity contribution in [3.05, 3.63) is 30.1 Å². The Bertz CT molecular complexity index is 323. The van der Waals surface area contributed by atoms with Gasteiger partial charge in [0.2, 0.25) is 5.91 Å². The normalized spacial score (nSPS) is 9.50. The Labute approximate surface area is 81.0 Å². The van der Waals surface area contributed by atoms with Crippen LogP contribution in [0.25, 0.3) is 0 Å². The predicted octanol–water partition coefficient (Wildman–Crippen LogP) is 1.11. The zero-order valence-corrected chi connectivity index (χ0v) is 7.67. The standard InChI is InChI=1S/C9H10N2O3/c1-7(12)11(9(13)14)6-8-4-2-3-5-10-8/h2-5H,6H2,1H3,(H,13,14). The number of hydrogen-bond donors (Lipinski definition) is 1. The summed E-state index contributed by atoms with van der Waals surface area (Å²) in [6.07, 6.45) is 0.290. The Morgan fingerprint density at radius 1 is 1.50 bits per heavy atom. The SMILES string of the molecule is CC(=O)N(Cc1ccccn1)C(=O)O. The van der Waals surface area contributed by atoms with E-state index in [4.69, 9.17) is 5.11 Å². The molecule has 1 aromatic heterocycles. The lowest BCUT2D eigenvalue weighted by Crippen LogP contribution is -2.33. The number of carboxylic acid groups (broad SMARTS) is 1. The Kier molecular flexibility index (Phi) is 3.17. The molecule has 74 valence electrons. The Morgan fingerprint density at radius 2 is 2.21 bits per heavy atom. The maximum atomic E-state index is 10.9. The van der Waals surface area contributed by atoms with Crippen molar-refractivity contribution in [3.63, 3.8) is 0 Å². The average molecular weight is 194 g/mol. The van der Waals surface area contributed by atoms with Crippen LogP contribution in [0.15, 0.2) is 24.4 Å². The number of carbonyl (C=O) groups is 2. The molecule has 1 rings (SSSR count). The van der Waals surface area contributed by atoms with E-state index in [0.717, 1.165) is 0 Å². The van der Waals surface area contributed by atoms with E-state index >= 15 is 0 Å². The van der Waals surface area contributed by atoms with Gasteiger partial charge in [-0.3, -0.25) is 9.78 Å². The van der Waals surface area contributed by atoms with Crippen molar-refractivity contribution in [2.45, 2.75) is 13.5 Å². The number of amides is 2. The van der Waals surface area contributed by atoms with E-state index < -0.39 is 12.0 Å². The minimum Gasteiger partial charge on any atom is -0.465 e. The number of aromatic nitrogens is 1. The molecule has 1 heterocycles. The lowest BCUT2D eigenvalue weighted by molar-refractivity contribution is -0.127. The van der Waals surface area contributed by atoms with E-state index in [2.05, 4.69) is 4.98 Å². The second kappa shape index (κ2) is 4.36. The molecule has 0 fully saturated rings. The molecular formula is C9H10N2O3. The van der Waals surface area contributed by atoms with Gasteiger partial charge in [-0.2, -0.15) is 0 Å². The van der Waals surface area contributed by atoms with Crippen LogP contribution in [0.4, 0.5) is 4.79 Å². The molecule has 0 aliphatic rings. The summed E-state index contributed by atoms with van der Waals surface area (Å²) in [7, 11) is 0. The van der Waals surface area contributed by atoms with Crippen molar-refractivity contribution in [1.29, 1.82) is 0 Å². The van der Waals surface area contributed by atoms with Crippen LogP contribution in [-0.2, 0) is 11.3 Å². The summed E-state index contributed by atoms with van der Waals surface area (Å²) in [4.78, 5) is 26.2. The molecule has 0 aliphatic heterocycles. The minimum absolute atomic E-state index is 0.00843. The summed E-state index contributed by atoms with van der Waals surface area (Å²) in [6.45, 7) is 1.20. The first-order valence-electron chi connectivity index (χ1n) is 4.02. The summed E-state index contributed by atoms with van der Waals surface area (Å²) in [5.41, 5.74) is 0.546. The lowest BCUT2D eigenvalue weighted by atomic mass is 10.3. The number of carbonyl (C=O) groups excluding carboxylic acids is 1. The maximum absolute atomic E-state index is 10.9. The fraction of sp³-hybridized carbons (Fsp3) is 0.222. The smallest absolute Gasteiger partial charge is 0.414 e. The van der Waals surface area contributed by atoms with Crippen molar-refractivity contribution in [3.8, 4) is 0 Å². The first-order valence-corrected chi connectivity index (χ1v) is 4.02. The highest BCUT2D eigenvalue weighted by molar-refractivity contribution is 5.89. The molecule has 1 aromatic rings. The van der Waals surface area contributed by atoms with Crippen molar-refractivity contribution in [2.75, 3.05) is 0 Å². The monoisotopic (exact) mass is 194 g/mol. The van der Waals surface area contributed by atoms with Gasteiger partial charge in [0.15, 0.2) is 0 Å². The highest BCUT2D eigenvalue weighted by Gasteiger charge is 2.16. The van der Waals surface area contributed by atoms with E-state index in [0.29, 0.717) is 10.6 Å². The molecule has 0 unspecified atom stereocenters. The van der Waals surface area contributed by atoms with E-state index in [1.54, 1.807) is 24.4 Å². The number of imide groups is 1. The molecular weight excluding hydrogens is 184 g/mol. The van der Waals surface area contributed by atoms with Crippen molar-refractivity contribution in [1.82, 2.24) is 9.88 Å². The van der Waals surface area contributed by atoms with E-state index in [1.807, 2.05) is 0 Å². The molecule has 0 atom stereocenters. The third kappa shape index (κ3) is 2.55. The summed E-state index contributed by atoms with van der Waals surface area (Å²) < 4.78 is 0. The van der Waals surface area contributed by atoms with Gasteiger partial charge in [-0.05, 0) is 12.1 Å². The zero-order valence-electron chi connectivity index (χ0n) is 7.67. The second-order valence-corrected chi connectivity index (χ2v) is 2.71. The average Bonchev–Trinajstić information content (AvgIpc) is 2.15. The number of pyridine rings is 1. The fourth-order valence-corrected chi connectivity index (χ4v) is 0.967. The molecule has 0 aromatic carbocycles. The van der Waals surface area contributed by atoms with Gasteiger partial charge >= 0.3 is 6.09 Å². The topological polar surface area (TPSA) is 70.5 Å². The molecule has 0 bridgehead atoms. The Balaban J connectivity index is 2.75. The lowest BCUT2D eigenvalue weighted by Gasteiger charge is -2.13. The highest BCUT2D eigenvalue weighted by Crippen LogP contribution is 2.01. The molecule has 1 N–H and O–H groups in total. The molecule has 14 heavy (non-hydrogen) atoms. The minimum atomic E-state index is -1.26. The van der Waals surface area contributed by atoms with Crippen molar-refractivity contribution >= 4 is 12.0 Å². The summed E-state index contributed by atoms with van der Waals surface area (Å²) in [5.74, 6) is -0.511. The molecule has 0 saturated heterocycles. The molecule has 0 spiro atoms. The van der Waals surface area contributed by atoms with Crippen LogP contribution in [0, 0.1) is 0 Å². The number of rotatable bonds is 2. The van der Waals surface area contributed by atoms with Crippen LogP contribution in [0.1, 0.15) is 12.6 Å². The van der Waals surface area contributed by atoms with Crippen LogP contribution in [0.3, 0.4) is 0 Å². The second-order valence-electron chi connectivity index (χ2n) is 2.71. The van der Waals surface area contributed by atoms with E-state index in [9.17, 15) is 9.59 Å². The maximum Gasteiger partial charge on any atom is 0.414 e. The van der Waals surface area contributed by atoms with Crippen LogP contribution < -0.4 is 0 Å². The molecule has 5 heteroatoms. The van der Waals surface area contributed by atoms with Gasteiger partial charge < -0.3 is 5.11 Å². The largest absolute Gasteiger partial charge is 0.465 e. The van der Waals surface area contributed by atoms with Crippen LogP contribution in [0.5, 0.6) is 0 Å². The van der Waals surface area contributed by atoms with Crippen LogP contribution in [-0.4, -0.2) is 27.0 Å². The van der Waals surface area contributed by atoms with Crippen LogP contribution in [0.2, 0.25) is 0 Å².